The molecular formula is C9H17Br. The predicted octanol–water partition coefficient (Wildman–Crippen LogP) is 3.91. The fourth-order valence-corrected chi connectivity index (χ4v) is 1.44. The number of hydrogen-bond donors (Lipinski definition) is 0. The van der Waals surface area contributed by atoms with Crippen LogP contribution in [0.5, 0.6) is 0 Å². The van der Waals surface area contributed by atoms with Gasteiger partial charge in [-0.05, 0) is 19.8 Å². The first kappa shape index (κ1) is 10.2. The highest BCUT2D eigenvalue weighted by Gasteiger charge is 1.88. The van der Waals surface area contributed by atoms with Crippen molar-refractivity contribution in [1.82, 2.24) is 0 Å². The van der Waals surface area contributed by atoms with Crippen molar-refractivity contribution < 1.29 is 0 Å². The summed E-state index contributed by atoms with van der Waals surface area (Å²) in [5.74, 6) is 0. The molecule has 0 amide bonds. The minimum Gasteiger partial charge on any atom is -0.0883 e. The molecule has 0 radical (unpaired) electrons. The first-order chi connectivity index (χ1) is 4.81. The SMILES string of the molecule is CCCCC/C(C)=C\CBr. The Labute approximate surface area is 72.8 Å². The van der Waals surface area contributed by atoms with Crippen molar-refractivity contribution >= 4 is 15.9 Å². The smallest absolute Gasteiger partial charge is 0.0214 e. The van der Waals surface area contributed by atoms with Gasteiger partial charge in [0, 0.05) is 5.33 Å². The van der Waals surface area contributed by atoms with Gasteiger partial charge in [-0.2, -0.15) is 0 Å². The molecule has 0 aliphatic rings. The van der Waals surface area contributed by atoms with Crippen molar-refractivity contribution in [1.29, 1.82) is 0 Å². The van der Waals surface area contributed by atoms with E-state index in [0.717, 1.165) is 5.33 Å². The van der Waals surface area contributed by atoms with Crippen LogP contribution in [-0.4, -0.2) is 5.33 Å². The zero-order valence-corrected chi connectivity index (χ0v) is 8.58. The standard InChI is InChI=1S/C9H17Br/c1-3-4-5-6-9(2)7-8-10/h7H,3-6,8H2,1-2H3/b9-7-. The second kappa shape index (κ2) is 7.33. The van der Waals surface area contributed by atoms with Crippen LogP contribution in [0.15, 0.2) is 11.6 Å². The molecule has 0 bridgehead atoms. The average molecular weight is 205 g/mol. The summed E-state index contributed by atoms with van der Waals surface area (Å²) in [5.41, 5.74) is 1.52. The van der Waals surface area contributed by atoms with Crippen molar-refractivity contribution in [3.63, 3.8) is 0 Å². The highest BCUT2D eigenvalue weighted by atomic mass is 79.9. The molecule has 0 saturated carbocycles. The van der Waals surface area contributed by atoms with E-state index >= 15 is 0 Å². The minimum atomic E-state index is 1.00. The van der Waals surface area contributed by atoms with Gasteiger partial charge in [0.1, 0.15) is 0 Å². The zero-order chi connectivity index (χ0) is 7.82. The van der Waals surface area contributed by atoms with Crippen LogP contribution < -0.4 is 0 Å². The van der Waals surface area contributed by atoms with Gasteiger partial charge in [-0.15, -0.1) is 0 Å². The average Bonchev–Trinajstić information content (AvgIpc) is 1.89. The lowest BCUT2D eigenvalue weighted by Gasteiger charge is -1.97. The summed E-state index contributed by atoms with van der Waals surface area (Å²) in [5, 5.41) is 1.00. The van der Waals surface area contributed by atoms with Crippen LogP contribution in [0.3, 0.4) is 0 Å². The first-order valence-electron chi connectivity index (χ1n) is 4.02. The van der Waals surface area contributed by atoms with Gasteiger partial charge in [0.05, 0.1) is 0 Å². The number of halogens is 1. The van der Waals surface area contributed by atoms with Crippen LogP contribution in [0.4, 0.5) is 0 Å². The highest BCUT2D eigenvalue weighted by molar-refractivity contribution is 9.09. The molecule has 0 aliphatic heterocycles. The van der Waals surface area contributed by atoms with E-state index in [1.807, 2.05) is 0 Å². The highest BCUT2D eigenvalue weighted by Crippen LogP contribution is 2.07. The number of hydrogen-bond acceptors (Lipinski definition) is 0. The number of alkyl halides is 1. The van der Waals surface area contributed by atoms with Gasteiger partial charge in [0.2, 0.25) is 0 Å². The maximum Gasteiger partial charge on any atom is 0.0214 e. The Kier molecular flexibility index (Phi) is 7.49. The van der Waals surface area contributed by atoms with E-state index in [0.29, 0.717) is 0 Å². The van der Waals surface area contributed by atoms with Crippen LogP contribution >= 0.6 is 15.9 Å². The van der Waals surface area contributed by atoms with E-state index in [4.69, 9.17) is 0 Å². The molecule has 0 unspecified atom stereocenters. The van der Waals surface area contributed by atoms with Gasteiger partial charge >= 0.3 is 0 Å². The van der Waals surface area contributed by atoms with E-state index in [9.17, 15) is 0 Å². The van der Waals surface area contributed by atoms with Gasteiger partial charge in [0.25, 0.3) is 0 Å². The van der Waals surface area contributed by atoms with Crippen molar-refractivity contribution in [3.8, 4) is 0 Å². The monoisotopic (exact) mass is 204 g/mol. The topological polar surface area (TPSA) is 0 Å². The zero-order valence-electron chi connectivity index (χ0n) is 6.99. The van der Waals surface area contributed by atoms with Gasteiger partial charge in [-0.1, -0.05) is 47.3 Å². The van der Waals surface area contributed by atoms with Crippen LogP contribution in [0.1, 0.15) is 39.5 Å². The minimum absolute atomic E-state index is 1.00. The second-order valence-electron chi connectivity index (χ2n) is 2.66. The lowest BCUT2D eigenvalue weighted by Crippen LogP contribution is -1.78. The molecule has 0 spiro atoms. The van der Waals surface area contributed by atoms with Crippen molar-refractivity contribution in [2.24, 2.45) is 0 Å². The van der Waals surface area contributed by atoms with E-state index < -0.39 is 0 Å². The molecule has 0 rings (SSSR count). The quantitative estimate of drug-likeness (QED) is 0.362. The van der Waals surface area contributed by atoms with Gasteiger partial charge in [0.15, 0.2) is 0 Å². The normalized spacial score (nSPS) is 12.1. The number of rotatable bonds is 5. The molecule has 60 valence electrons. The molecule has 1 heteroatoms. The molecule has 0 atom stereocenters. The molecule has 0 saturated heterocycles. The molecule has 0 aromatic carbocycles. The third-order valence-electron chi connectivity index (χ3n) is 1.60. The lowest BCUT2D eigenvalue weighted by molar-refractivity contribution is 0.713. The third-order valence-corrected chi connectivity index (χ3v) is 1.92. The van der Waals surface area contributed by atoms with Crippen LogP contribution in [-0.2, 0) is 0 Å². The molecule has 0 N–H and O–H groups in total. The summed E-state index contributed by atoms with van der Waals surface area (Å²) in [6.45, 7) is 4.44. The van der Waals surface area contributed by atoms with Crippen molar-refractivity contribution in [2.75, 3.05) is 5.33 Å². The Bertz CT molecular complexity index is 94.9. The maximum atomic E-state index is 3.38. The van der Waals surface area contributed by atoms with E-state index in [1.54, 1.807) is 0 Å². The van der Waals surface area contributed by atoms with Crippen molar-refractivity contribution in [3.05, 3.63) is 11.6 Å². The second-order valence-corrected chi connectivity index (χ2v) is 3.31. The van der Waals surface area contributed by atoms with Gasteiger partial charge in [-0.25, -0.2) is 0 Å². The summed E-state index contributed by atoms with van der Waals surface area (Å²) in [7, 11) is 0. The lowest BCUT2D eigenvalue weighted by atomic mass is 10.1. The molecule has 0 fully saturated rings. The van der Waals surface area contributed by atoms with E-state index in [-0.39, 0.29) is 0 Å². The van der Waals surface area contributed by atoms with Crippen LogP contribution in [0.25, 0.3) is 0 Å². The molecular weight excluding hydrogens is 188 g/mol. The Morgan fingerprint density at radius 3 is 2.60 bits per heavy atom. The summed E-state index contributed by atoms with van der Waals surface area (Å²) in [6.07, 6.45) is 7.57. The first-order valence-corrected chi connectivity index (χ1v) is 5.15. The summed E-state index contributed by atoms with van der Waals surface area (Å²) >= 11 is 3.38. The molecule has 0 aromatic rings. The van der Waals surface area contributed by atoms with E-state index in [1.165, 1.54) is 31.3 Å². The van der Waals surface area contributed by atoms with Crippen LogP contribution in [0, 0.1) is 0 Å². The fraction of sp³-hybridized carbons (Fsp3) is 0.778. The summed E-state index contributed by atoms with van der Waals surface area (Å²) in [4.78, 5) is 0. The Balaban J connectivity index is 3.21. The molecule has 0 aliphatic carbocycles. The number of unbranched alkanes of at least 4 members (excludes halogenated alkanes) is 2. The van der Waals surface area contributed by atoms with Gasteiger partial charge in [-0.3, -0.25) is 0 Å². The van der Waals surface area contributed by atoms with Crippen LogP contribution in [0.2, 0.25) is 0 Å². The Morgan fingerprint density at radius 1 is 1.40 bits per heavy atom. The molecule has 0 nitrogen and oxygen atoms in total. The third kappa shape index (κ3) is 6.34. The predicted molar refractivity (Wildman–Crippen MR) is 51.7 cm³/mol. The Hall–Kier alpha value is 0.220. The summed E-state index contributed by atoms with van der Waals surface area (Å²) in [6, 6.07) is 0. The molecule has 10 heavy (non-hydrogen) atoms. The van der Waals surface area contributed by atoms with E-state index in [2.05, 4.69) is 35.9 Å². The Morgan fingerprint density at radius 2 is 2.10 bits per heavy atom. The molecule has 0 aromatic heterocycles. The number of allylic oxidation sites excluding steroid dienone is 2. The molecule has 0 heterocycles. The fourth-order valence-electron chi connectivity index (χ4n) is 0.888. The summed E-state index contributed by atoms with van der Waals surface area (Å²) < 4.78 is 0. The van der Waals surface area contributed by atoms with Crippen molar-refractivity contribution in [2.45, 2.75) is 39.5 Å². The van der Waals surface area contributed by atoms with Gasteiger partial charge < -0.3 is 0 Å². The maximum absolute atomic E-state index is 3.38. The largest absolute Gasteiger partial charge is 0.0883 e.